The molecule has 0 fully saturated rings. The van der Waals surface area contributed by atoms with Gasteiger partial charge in [-0.3, -0.25) is 4.79 Å². The molecule has 0 amide bonds. The monoisotopic (exact) mass is 291 g/mol. The van der Waals surface area contributed by atoms with Crippen molar-refractivity contribution in [3.05, 3.63) is 29.3 Å². The van der Waals surface area contributed by atoms with E-state index in [1.807, 2.05) is 0 Å². The quantitative estimate of drug-likeness (QED) is 0.836. The fourth-order valence-corrected chi connectivity index (χ4v) is 2.55. The fraction of sp³-hybridized carbons (Fsp3) is 0.364. The fourth-order valence-electron chi connectivity index (χ4n) is 1.23. The van der Waals surface area contributed by atoms with Crippen LogP contribution in [0.4, 0.5) is 0 Å². The molecule has 0 aliphatic heterocycles. The second kappa shape index (κ2) is 6.17. The molecule has 0 radical (unpaired) electrons. The van der Waals surface area contributed by atoms with Crippen LogP contribution in [-0.2, 0) is 19.6 Å². The van der Waals surface area contributed by atoms with Gasteiger partial charge in [0.05, 0.1) is 11.5 Å². The molecule has 1 unspecified atom stereocenters. The summed E-state index contributed by atoms with van der Waals surface area (Å²) in [4.78, 5) is 11.4. The minimum Gasteiger partial charge on any atom is -0.465 e. The SMILES string of the molecule is CCOC(=O)C(C)NS(=O)(=O)c1ccc(Cl)cc1. The number of nitrogens with one attached hydrogen (secondary N) is 1. The topological polar surface area (TPSA) is 72.5 Å². The molecule has 0 saturated carbocycles. The molecule has 5 nitrogen and oxygen atoms in total. The van der Waals surface area contributed by atoms with Crippen LogP contribution in [0.15, 0.2) is 29.2 Å². The van der Waals surface area contributed by atoms with Crippen molar-refractivity contribution >= 4 is 27.6 Å². The number of hydrogen-bond donors (Lipinski definition) is 1. The van der Waals surface area contributed by atoms with Crippen LogP contribution in [0, 0.1) is 0 Å². The predicted molar refractivity (Wildman–Crippen MR) is 67.9 cm³/mol. The number of carbonyl (C=O) groups excluding carboxylic acids is 1. The van der Waals surface area contributed by atoms with Crippen LogP contribution >= 0.6 is 11.6 Å². The Bertz CT molecular complexity index is 512. The van der Waals surface area contributed by atoms with E-state index < -0.39 is 22.0 Å². The van der Waals surface area contributed by atoms with E-state index in [1.165, 1.54) is 31.2 Å². The zero-order chi connectivity index (χ0) is 13.8. The lowest BCUT2D eigenvalue weighted by molar-refractivity contribution is -0.144. The van der Waals surface area contributed by atoms with Crippen LogP contribution in [-0.4, -0.2) is 27.0 Å². The van der Waals surface area contributed by atoms with Crippen molar-refractivity contribution in [2.24, 2.45) is 0 Å². The molecule has 0 heterocycles. The highest BCUT2D eigenvalue weighted by atomic mass is 35.5. The van der Waals surface area contributed by atoms with Crippen molar-refractivity contribution < 1.29 is 17.9 Å². The highest BCUT2D eigenvalue weighted by Crippen LogP contribution is 2.14. The van der Waals surface area contributed by atoms with E-state index in [0.717, 1.165) is 0 Å². The molecule has 0 aliphatic rings. The molecule has 1 N–H and O–H groups in total. The normalized spacial score (nSPS) is 13.1. The zero-order valence-corrected chi connectivity index (χ0v) is 11.6. The maximum absolute atomic E-state index is 11.9. The molecule has 0 bridgehead atoms. The lowest BCUT2D eigenvalue weighted by atomic mass is 10.4. The average Bonchev–Trinajstić information content (AvgIpc) is 2.29. The van der Waals surface area contributed by atoms with Gasteiger partial charge >= 0.3 is 5.97 Å². The summed E-state index contributed by atoms with van der Waals surface area (Å²) in [6.07, 6.45) is 0. The summed E-state index contributed by atoms with van der Waals surface area (Å²) in [5.41, 5.74) is 0. The van der Waals surface area contributed by atoms with Gasteiger partial charge in [-0.2, -0.15) is 4.72 Å². The molecule has 18 heavy (non-hydrogen) atoms. The van der Waals surface area contributed by atoms with Crippen LogP contribution in [0.5, 0.6) is 0 Å². The van der Waals surface area contributed by atoms with Gasteiger partial charge in [-0.1, -0.05) is 11.6 Å². The lowest BCUT2D eigenvalue weighted by Crippen LogP contribution is -2.39. The summed E-state index contributed by atoms with van der Waals surface area (Å²) >= 11 is 5.67. The Morgan fingerprint density at radius 2 is 1.94 bits per heavy atom. The van der Waals surface area contributed by atoms with Gasteiger partial charge in [0.25, 0.3) is 0 Å². The Kier molecular flexibility index (Phi) is 5.13. The van der Waals surface area contributed by atoms with Crippen LogP contribution in [0.2, 0.25) is 5.02 Å². The Balaban J connectivity index is 2.82. The minimum atomic E-state index is -3.75. The third-order valence-electron chi connectivity index (χ3n) is 2.10. The van der Waals surface area contributed by atoms with E-state index in [1.54, 1.807) is 6.92 Å². The smallest absolute Gasteiger partial charge is 0.323 e. The lowest BCUT2D eigenvalue weighted by Gasteiger charge is -2.13. The molecule has 0 spiro atoms. The molecule has 7 heteroatoms. The van der Waals surface area contributed by atoms with Gasteiger partial charge < -0.3 is 4.74 Å². The van der Waals surface area contributed by atoms with E-state index in [0.29, 0.717) is 5.02 Å². The van der Waals surface area contributed by atoms with Crippen molar-refractivity contribution in [3.63, 3.8) is 0 Å². The summed E-state index contributed by atoms with van der Waals surface area (Å²) in [7, 11) is -3.75. The molecule has 1 atom stereocenters. The third-order valence-corrected chi connectivity index (χ3v) is 3.90. The number of halogens is 1. The van der Waals surface area contributed by atoms with E-state index in [-0.39, 0.29) is 11.5 Å². The summed E-state index contributed by atoms with van der Waals surface area (Å²) in [5.74, 6) is -0.616. The highest BCUT2D eigenvalue weighted by molar-refractivity contribution is 7.89. The molecule has 1 aromatic carbocycles. The molecular weight excluding hydrogens is 278 g/mol. The largest absolute Gasteiger partial charge is 0.465 e. The van der Waals surface area contributed by atoms with Gasteiger partial charge in [-0.25, -0.2) is 8.42 Å². The maximum atomic E-state index is 11.9. The maximum Gasteiger partial charge on any atom is 0.323 e. The second-order valence-corrected chi connectivity index (χ2v) is 5.70. The number of esters is 1. The first-order chi connectivity index (χ1) is 8.36. The van der Waals surface area contributed by atoms with E-state index in [9.17, 15) is 13.2 Å². The van der Waals surface area contributed by atoms with Crippen LogP contribution in [0.25, 0.3) is 0 Å². The molecule has 100 valence electrons. The van der Waals surface area contributed by atoms with Gasteiger partial charge in [0, 0.05) is 5.02 Å². The highest BCUT2D eigenvalue weighted by Gasteiger charge is 2.22. The molecule has 1 aromatic rings. The van der Waals surface area contributed by atoms with E-state index in [2.05, 4.69) is 4.72 Å². The molecule has 1 rings (SSSR count). The van der Waals surface area contributed by atoms with E-state index in [4.69, 9.17) is 16.3 Å². The molecular formula is C11H14ClNO4S. The van der Waals surface area contributed by atoms with Gasteiger partial charge in [0.2, 0.25) is 10.0 Å². The second-order valence-electron chi connectivity index (χ2n) is 3.55. The van der Waals surface area contributed by atoms with Crippen molar-refractivity contribution in [2.45, 2.75) is 24.8 Å². The summed E-state index contributed by atoms with van der Waals surface area (Å²) in [6, 6.07) is 4.71. The van der Waals surface area contributed by atoms with Crippen molar-refractivity contribution in [1.82, 2.24) is 4.72 Å². The first-order valence-corrected chi connectivity index (χ1v) is 7.17. The number of rotatable bonds is 5. The number of sulfonamides is 1. The first kappa shape index (κ1) is 14.9. The number of carbonyl (C=O) groups is 1. The molecule has 0 aromatic heterocycles. The number of ether oxygens (including phenoxy) is 1. The van der Waals surface area contributed by atoms with Crippen molar-refractivity contribution in [2.75, 3.05) is 6.61 Å². The summed E-state index contributed by atoms with van der Waals surface area (Å²) < 4.78 is 30.7. The predicted octanol–water partition coefficient (Wildman–Crippen LogP) is 1.57. The van der Waals surface area contributed by atoms with Gasteiger partial charge in [-0.05, 0) is 38.1 Å². The van der Waals surface area contributed by atoms with E-state index >= 15 is 0 Å². The summed E-state index contributed by atoms with van der Waals surface area (Å²) in [6.45, 7) is 3.27. The first-order valence-electron chi connectivity index (χ1n) is 5.31. The van der Waals surface area contributed by atoms with Gasteiger partial charge in [-0.15, -0.1) is 0 Å². The Hall–Kier alpha value is -1.11. The number of benzene rings is 1. The van der Waals surface area contributed by atoms with Gasteiger partial charge in [0.1, 0.15) is 6.04 Å². The average molecular weight is 292 g/mol. The standard InChI is InChI=1S/C11H14ClNO4S/c1-3-17-11(14)8(2)13-18(15,16)10-6-4-9(12)5-7-10/h4-8,13H,3H2,1-2H3. The van der Waals surface area contributed by atoms with Crippen LogP contribution in [0.1, 0.15) is 13.8 Å². The summed E-state index contributed by atoms with van der Waals surface area (Å²) in [5, 5.41) is 0.437. The Morgan fingerprint density at radius 1 is 1.39 bits per heavy atom. The zero-order valence-electron chi connectivity index (χ0n) is 10.0. The Morgan fingerprint density at radius 3 is 2.44 bits per heavy atom. The van der Waals surface area contributed by atoms with Crippen molar-refractivity contribution in [3.8, 4) is 0 Å². The third kappa shape index (κ3) is 3.97. The molecule has 0 aliphatic carbocycles. The Labute approximate surface area is 111 Å². The van der Waals surface area contributed by atoms with Gasteiger partial charge in [0.15, 0.2) is 0 Å². The van der Waals surface area contributed by atoms with Crippen molar-refractivity contribution in [1.29, 1.82) is 0 Å². The van der Waals surface area contributed by atoms with Crippen LogP contribution in [0.3, 0.4) is 0 Å². The number of hydrogen-bond acceptors (Lipinski definition) is 4. The van der Waals surface area contributed by atoms with Crippen LogP contribution < -0.4 is 4.72 Å². The minimum absolute atomic E-state index is 0.0445. The molecule has 0 saturated heterocycles.